The third-order valence-electron chi connectivity index (χ3n) is 3.61. The van der Waals surface area contributed by atoms with Gasteiger partial charge in [-0.05, 0) is 31.2 Å². The molecule has 1 aliphatic heterocycles. The van der Waals surface area contributed by atoms with E-state index in [1.165, 1.54) is 11.3 Å². The highest BCUT2D eigenvalue weighted by atomic mass is 35.5. The third-order valence-corrected chi connectivity index (χ3v) is 4.52. The van der Waals surface area contributed by atoms with Crippen molar-refractivity contribution in [3.63, 3.8) is 0 Å². The summed E-state index contributed by atoms with van der Waals surface area (Å²) in [6, 6.07) is 5.74. The minimum atomic E-state index is -0.0651. The number of ether oxygens (including phenoxy) is 2. The van der Waals surface area contributed by atoms with Crippen LogP contribution >= 0.6 is 23.7 Å². The van der Waals surface area contributed by atoms with Gasteiger partial charge in [-0.25, -0.2) is 4.98 Å². The predicted molar refractivity (Wildman–Crippen MR) is 95.1 cm³/mol. The predicted octanol–water partition coefficient (Wildman–Crippen LogP) is 2.46. The Labute approximate surface area is 151 Å². The molecule has 130 valence electrons. The summed E-state index contributed by atoms with van der Waals surface area (Å²) < 4.78 is 10.7. The molecule has 0 atom stereocenters. The molecule has 0 fully saturated rings. The summed E-state index contributed by atoms with van der Waals surface area (Å²) in [5.74, 6) is 1.41. The van der Waals surface area contributed by atoms with Crippen LogP contribution in [0.15, 0.2) is 23.6 Å². The van der Waals surface area contributed by atoms with Gasteiger partial charge in [0.2, 0.25) is 6.79 Å². The van der Waals surface area contributed by atoms with Crippen LogP contribution in [0.3, 0.4) is 0 Å². The number of hydrogen-bond donors (Lipinski definition) is 1. The number of benzene rings is 1. The second kappa shape index (κ2) is 8.32. The van der Waals surface area contributed by atoms with Crippen molar-refractivity contribution in [1.82, 2.24) is 9.88 Å². The van der Waals surface area contributed by atoms with Gasteiger partial charge in [-0.3, -0.25) is 4.79 Å². The molecule has 2 heterocycles. The molecule has 1 amide bonds. The Bertz CT molecular complexity index is 708. The van der Waals surface area contributed by atoms with E-state index >= 15 is 0 Å². The Morgan fingerprint density at radius 1 is 1.38 bits per heavy atom. The quantitative estimate of drug-likeness (QED) is 0.846. The van der Waals surface area contributed by atoms with Crippen molar-refractivity contribution in [1.29, 1.82) is 0 Å². The van der Waals surface area contributed by atoms with Crippen molar-refractivity contribution in [3.8, 4) is 11.5 Å². The summed E-state index contributed by atoms with van der Waals surface area (Å²) in [6.07, 6.45) is 0.701. The molecule has 0 spiro atoms. The molecule has 8 heteroatoms. The number of hydrogen-bond acceptors (Lipinski definition) is 6. The van der Waals surface area contributed by atoms with Crippen molar-refractivity contribution in [3.05, 3.63) is 39.8 Å². The van der Waals surface area contributed by atoms with Gasteiger partial charge in [-0.2, -0.15) is 0 Å². The fourth-order valence-corrected chi connectivity index (χ4v) is 3.18. The minimum absolute atomic E-state index is 0. The Balaban J connectivity index is 0.00000208. The summed E-state index contributed by atoms with van der Waals surface area (Å²) in [6.45, 7) is 3.86. The number of carbonyl (C=O) groups excluding carboxylic acids is 1. The van der Waals surface area contributed by atoms with E-state index in [2.05, 4.69) is 4.98 Å². The Morgan fingerprint density at radius 2 is 2.17 bits per heavy atom. The molecule has 1 aromatic heterocycles. The van der Waals surface area contributed by atoms with Crippen LogP contribution in [0.1, 0.15) is 28.0 Å². The van der Waals surface area contributed by atoms with E-state index in [1.54, 1.807) is 10.3 Å². The van der Waals surface area contributed by atoms with Gasteiger partial charge in [0.25, 0.3) is 5.91 Å². The largest absolute Gasteiger partial charge is 0.454 e. The number of rotatable bonds is 6. The average Bonchev–Trinajstić information content (AvgIpc) is 3.21. The lowest BCUT2D eigenvalue weighted by molar-refractivity contribution is 0.0747. The number of aromatic nitrogens is 1. The van der Waals surface area contributed by atoms with Crippen LogP contribution in [0.25, 0.3) is 0 Å². The van der Waals surface area contributed by atoms with Gasteiger partial charge in [0.05, 0.1) is 5.01 Å². The lowest BCUT2D eigenvalue weighted by Crippen LogP contribution is -2.30. The van der Waals surface area contributed by atoms with E-state index in [-0.39, 0.29) is 25.1 Å². The highest BCUT2D eigenvalue weighted by molar-refractivity contribution is 7.09. The number of nitrogens with zero attached hydrogens (tertiary/aromatic N) is 2. The molecule has 0 radical (unpaired) electrons. The zero-order valence-electron chi connectivity index (χ0n) is 13.4. The van der Waals surface area contributed by atoms with Crippen molar-refractivity contribution < 1.29 is 14.3 Å². The normalized spacial score (nSPS) is 11.9. The van der Waals surface area contributed by atoms with Gasteiger partial charge in [0.1, 0.15) is 5.69 Å². The van der Waals surface area contributed by atoms with E-state index in [4.69, 9.17) is 15.2 Å². The summed E-state index contributed by atoms with van der Waals surface area (Å²) in [5.41, 5.74) is 7.02. The van der Waals surface area contributed by atoms with E-state index in [0.717, 1.165) is 22.1 Å². The standard InChI is InChI=1S/C16H19N3O3S.ClH/c1-2-19(16(20)12-9-23-15(18-12)5-6-17)8-11-3-4-13-14(7-11)22-10-21-13;/h3-4,7,9H,2,5-6,8,10,17H2,1H3;1H. The van der Waals surface area contributed by atoms with Gasteiger partial charge in [-0.15, -0.1) is 23.7 Å². The number of carbonyl (C=O) groups is 1. The second-order valence-corrected chi connectivity index (χ2v) is 6.11. The van der Waals surface area contributed by atoms with Crippen LogP contribution in [-0.4, -0.2) is 35.7 Å². The molecule has 1 aliphatic rings. The molecule has 0 saturated heterocycles. The van der Waals surface area contributed by atoms with Crippen molar-refractivity contribution >= 4 is 29.7 Å². The summed E-state index contributed by atoms with van der Waals surface area (Å²) in [4.78, 5) is 18.7. The molecule has 0 aliphatic carbocycles. The van der Waals surface area contributed by atoms with Gasteiger partial charge in [-0.1, -0.05) is 6.07 Å². The first-order chi connectivity index (χ1) is 11.2. The molecule has 0 unspecified atom stereocenters. The van der Waals surface area contributed by atoms with Gasteiger partial charge >= 0.3 is 0 Å². The smallest absolute Gasteiger partial charge is 0.273 e. The fraction of sp³-hybridized carbons (Fsp3) is 0.375. The van der Waals surface area contributed by atoms with E-state index in [0.29, 0.717) is 31.7 Å². The average molecular weight is 370 g/mol. The lowest BCUT2D eigenvalue weighted by atomic mass is 10.2. The molecule has 2 aromatic rings. The second-order valence-electron chi connectivity index (χ2n) is 5.17. The van der Waals surface area contributed by atoms with Gasteiger partial charge in [0, 0.05) is 24.9 Å². The first-order valence-electron chi connectivity index (χ1n) is 7.53. The zero-order chi connectivity index (χ0) is 16.2. The molecule has 0 saturated carbocycles. The maximum Gasteiger partial charge on any atom is 0.273 e. The highest BCUT2D eigenvalue weighted by Crippen LogP contribution is 2.32. The van der Waals surface area contributed by atoms with Crippen LogP contribution in [0.5, 0.6) is 11.5 Å². The Morgan fingerprint density at radius 3 is 2.92 bits per heavy atom. The van der Waals surface area contributed by atoms with E-state index in [1.807, 2.05) is 25.1 Å². The Hall–Kier alpha value is -1.83. The molecule has 0 bridgehead atoms. The SMILES string of the molecule is CCN(Cc1ccc2c(c1)OCO2)C(=O)c1csc(CCN)n1.Cl. The number of thiazole rings is 1. The van der Waals surface area contributed by atoms with E-state index < -0.39 is 0 Å². The maximum absolute atomic E-state index is 12.6. The van der Waals surface area contributed by atoms with Crippen LogP contribution in [0.4, 0.5) is 0 Å². The first-order valence-corrected chi connectivity index (χ1v) is 8.41. The van der Waals surface area contributed by atoms with Gasteiger partial charge in [0.15, 0.2) is 11.5 Å². The van der Waals surface area contributed by atoms with E-state index in [9.17, 15) is 4.79 Å². The summed E-state index contributed by atoms with van der Waals surface area (Å²) in [5, 5.41) is 2.70. The molecule has 3 rings (SSSR count). The molecule has 1 aromatic carbocycles. The van der Waals surface area contributed by atoms with Crippen molar-refractivity contribution in [2.45, 2.75) is 19.9 Å². The van der Waals surface area contributed by atoms with Crippen molar-refractivity contribution in [2.24, 2.45) is 5.73 Å². The molecule has 2 N–H and O–H groups in total. The minimum Gasteiger partial charge on any atom is -0.454 e. The first kappa shape index (κ1) is 18.5. The monoisotopic (exact) mass is 369 g/mol. The number of fused-ring (bicyclic) bond motifs is 1. The Kier molecular flexibility index (Phi) is 6.42. The maximum atomic E-state index is 12.6. The van der Waals surface area contributed by atoms with Crippen LogP contribution in [-0.2, 0) is 13.0 Å². The molecular weight excluding hydrogens is 350 g/mol. The van der Waals surface area contributed by atoms with Gasteiger partial charge < -0.3 is 20.1 Å². The van der Waals surface area contributed by atoms with Crippen molar-refractivity contribution in [2.75, 3.05) is 19.9 Å². The third kappa shape index (κ3) is 3.98. The topological polar surface area (TPSA) is 77.7 Å². The summed E-state index contributed by atoms with van der Waals surface area (Å²) in [7, 11) is 0. The molecular formula is C16H20ClN3O3S. The van der Waals surface area contributed by atoms with Crippen LogP contribution in [0, 0.1) is 0 Å². The number of nitrogens with two attached hydrogens (primary N) is 1. The molecule has 24 heavy (non-hydrogen) atoms. The number of halogens is 1. The van der Waals surface area contributed by atoms with Crippen LogP contribution < -0.4 is 15.2 Å². The molecule has 6 nitrogen and oxygen atoms in total. The fourth-order valence-electron chi connectivity index (χ4n) is 2.40. The zero-order valence-corrected chi connectivity index (χ0v) is 15.0. The van der Waals surface area contributed by atoms with Crippen LogP contribution in [0.2, 0.25) is 0 Å². The highest BCUT2D eigenvalue weighted by Gasteiger charge is 2.19. The number of amides is 1. The summed E-state index contributed by atoms with van der Waals surface area (Å²) >= 11 is 1.48. The lowest BCUT2D eigenvalue weighted by Gasteiger charge is -2.20.